The Bertz CT molecular complexity index is 614. The van der Waals surface area contributed by atoms with Crippen molar-refractivity contribution in [1.82, 2.24) is 15.2 Å². The van der Waals surface area contributed by atoms with Gasteiger partial charge >= 0.3 is 5.69 Å². The average Bonchev–Trinajstić information content (AvgIpc) is 2.76. The molecule has 2 rings (SSSR count). The Labute approximate surface area is 111 Å². The second kappa shape index (κ2) is 5.87. The molecule has 0 saturated heterocycles. The van der Waals surface area contributed by atoms with Gasteiger partial charge in [0, 0.05) is 6.07 Å². The van der Waals surface area contributed by atoms with Crippen molar-refractivity contribution in [2.45, 2.75) is 18.1 Å². The number of thioether (sulfide) groups is 1. The molecule has 0 fully saturated rings. The lowest BCUT2D eigenvalue weighted by molar-refractivity contribution is 0.291. The van der Waals surface area contributed by atoms with Crippen molar-refractivity contribution in [3.8, 4) is 5.75 Å². The molecule has 0 aliphatic heterocycles. The van der Waals surface area contributed by atoms with Crippen molar-refractivity contribution in [2.75, 3.05) is 0 Å². The first-order valence-electron chi connectivity index (χ1n) is 5.41. The van der Waals surface area contributed by atoms with Gasteiger partial charge in [0.15, 0.2) is 11.6 Å². The number of benzene rings is 1. The molecular formula is C11H11F2N3O2S. The van der Waals surface area contributed by atoms with Gasteiger partial charge in [0.25, 0.3) is 0 Å². The second-order valence-corrected chi connectivity index (χ2v) is 4.98. The highest BCUT2D eigenvalue weighted by Gasteiger charge is 2.11. The number of rotatable bonds is 5. The van der Waals surface area contributed by atoms with Gasteiger partial charge in [0.1, 0.15) is 17.1 Å². The minimum absolute atomic E-state index is 0.0167. The molecule has 0 aliphatic carbocycles. The summed E-state index contributed by atoms with van der Waals surface area (Å²) in [5.74, 6) is -0.537. The number of nitrogens with one attached hydrogen (secondary N) is 2. The van der Waals surface area contributed by atoms with Crippen LogP contribution in [0, 0.1) is 11.6 Å². The fraction of sp³-hybridized carbons (Fsp3) is 0.273. The molecule has 0 amide bonds. The maximum absolute atomic E-state index is 13.3. The summed E-state index contributed by atoms with van der Waals surface area (Å²) in [6.07, 6.45) is 0. The van der Waals surface area contributed by atoms with E-state index < -0.39 is 11.6 Å². The monoisotopic (exact) mass is 287 g/mol. The van der Waals surface area contributed by atoms with E-state index in [1.807, 2.05) is 0 Å². The minimum atomic E-state index is -0.749. The van der Waals surface area contributed by atoms with Gasteiger partial charge in [-0.05, 0) is 19.1 Å². The van der Waals surface area contributed by atoms with Crippen LogP contribution in [0.3, 0.4) is 0 Å². The minimum Gasteiger partial charge on any atom is -0.477 e. The van der Waals surface area contributed by atoms with Gasteiger partial charge in [-0.2, -0.15) is 5.10 Å². The van der Waals surface area contributed by atoms with E-state index in [4.69, 9.17) is 4.74 Å². The van der Waals surface area contributed by atoms with E-state index in [1.165, 1.54) is 17.8 Å². The number of aromatic amines is 2. The Morgan fingerprint density at radius 1 is 1.47 bits per heavy atom. The lowest BCUT2D eigenvalue weighted by Crippen LogP contribution is -2.09. The Morgan fingerprint density at radius 3 is 2.89 bits per heavy atom. The van der Waals surface area contributed by atoms with Gasteiger partial charge in [-0.25, -0.2) is 18.7 Å². The smallest absolute Gasteiger partial charge is 0.340 e. The molecule has 102 valence electrons. The molecular weight excluding hydrogens is 276 g/mol. The van der Waals surface area contributed by atoms with Crippen molar-refractivity contribution < 1.29 is 13.5 Å². The summed E-state index contributed by atoms with van der Waals surface area (Å²) < 4.78 is 31.4. The molecule has 5 nitrogen and oxygen atoms in total. The molecule has 0 aliphatic rings. The van der Waals surface area contributed by atoms with Crippen molar-refractivity contribution >= 4 is 11.8 Å². The third kappa shape index (κ3) is 3.82. The number of ether oxygens (including phenoxy) is 1. The molecule has 1 unspecified atom stereocenters. The Hall–Kier alpha value is -1.83. The number of nitrogens with zero attached hydrogens (tertiary/aromatic N) is 1. The van der Waals surface area contributed by atoms with E-state index in [0.29, 0.717) is 11.6 Å². The largest absolute Gasteiger partial charge is 0.477 e. The van der Waals surface area contributed by atoms with Gasteiger partial charge in [-0.1, -0.05) is 0 Å². The Balaban J connectivity index is 1.90. The number of halogens is 2. The third-order valence-corrected chi connectivity index (χ3v) is 3.20. The van der Waals surface area contributed by atoms with Crippen LogP contribution in [0.25, 0.3) is 0 Å². The highest BCUT2D eigenvalue weighted by Crippen LogP contribution is 2.23. The quantitative estimate of drug-likeness (QED) is 0.826. The maximum atomic E-state index is 13.3. The van der Waals surface area contributed by atoms with Crippen molar-refractivity contribution in [3.05, 3.63) is 46.1 Å². The molecule has 19 heavy (non-hydrogen) atoms. The number of H-pyrrole nitrogens is 2. The van der Waals surface area contributed by atoms with Crippen LogP contribution in [0.5, 0.6) is 5.75 Å². The van der Waals surface area contributed by atoms with Crippen LogP contribution in [0.15, 0.2) is 23.0 Å². The molecule has 0 saturated carbocycles. The van der Waals surface area contributed by atoms with E-state index >= 15 is 0 Å². The number of hydrogen-bond donors (Lipinski definition) is 2. The van der Waals surface area contributed by atoms with Gasteiger partial charge in [0.05, 0.1) is 5.75 Å². The second-order valence-electron chi connectivity index (χ2n) is 3.70. The van der Waals surface area contributed by atoms with Crippen LogP contribution in [0.4, 0.5) is 8.78 Å². The van der Waals surface area contributed by atoms with Gasteiger partial charge in [-0.15, -0.1) is 11.8 Å². The zero-order valence-electron chi connectivity index (χ0n) is 9.94. The molecule has 8 heteroatoms. The summed E-state index contributed by atoms with van der Waals surface area (Å²) >= 11 is 1.32. The van der Waals surface area contributed by atoms with E-state index in [0.717, 1.165) is 12.1 Å². The summed E-state index contributed by atoms with van der Waals surface area (Å²) in [5, 5.41) is 5.97. The molecule has 0 spiro atoms. The predicted molar refractivity (Wildman–Crippen MR) is 67.0 cm³/mol. The third-order valence-electron chi connectivity index (χ3n) is 2.19. The van der Waals surface area contributed by atoms with Crippen LogP contribution in [-0.4, -0.2) is 20.6 Å². The van der Waals surface area contributed by atoms with Crippen LogP contribution >= 0.6 is 11.8 Å². The van der Waals surface area contributed by atoms with Crippen LogP contribution < -0.4 is 10.4 Å². The van der Waals surface area contributed by atoms with Gasteiger partial charge < -0.3 is 4.74 Å². The van der Waals surface area contributed by atoms with Crippen LogP contribution in [0.2, 0.25) is 0 Å². The zero-order chi connectivity index (χ0) is 13.8. The molecule has 1 aromatic heterocycles. The normalized spacial score (nSPS) is 12.4. The molecule has 2 N–H and O–H groups in total. The van der Waals surface area contributed by atoms with Crippen molar-refractivity contribution in [1.29, 1.82) is 0 Å². The lowest BCUT2D eigenvalue weighted by atomic mass is 10.3. The van der Waals surface area contributed by atoms with Crippen LogP contribution in [0.1, 0.15) is 12.7 Å². The highest BCUT2D eigenvalue weighted by atomic mass is 32.2. The first kappa shape index (κ1) is 13.6. The zero-order valence-corrected chi connectivity index (χ0v) is 10.8. The maximum Gasteiger partial charge on any atom is 0.340 e. The SMILES string of the molecule is CC(Oc1ccc(F)cc1F)SCc1n[nH]c(=O)[nH]1. The van der Waals surface area contributed by atoms with Crippen molar-refractivity contribution in [2.24, 2.45) is 0 Å². The fourth-order valence-electron chi connectivity index (χ4n) is 1.35. The van der Waals surface area contributed by atoms with Gasteiger partial charge in [-0.3, -0.25) is 4.98 Å². The molecule has 1 aromatic carbocycles. The fourth-order valence-corrected chi connectivity index (χ4v) is 2.05. The topological polar surface area (TPSA) is 70.8 Å². The van der Waals surface area contributed by atoms with E-state index in [-0.39, 0.29) is 16.9 Å². The highest BCUT2D eigenvalue weighted by molar-refractivity contribution is 7.98. The first-order valence-corrected chi connectivity index (χ1v) is 6.46. The summed E-state index contributed by atoms with van der Waals surface area (Å²) in [7, 11) is 0. The summed E-state index contributed by atoms with van der Waals surface area (Å²) in [6.45, 7) is 1.72. The summed E-state index contributed by atoms with van der Waals surface area (Å²) in [5.41, 5.74) is -0.756. The molecule has 2 aromatic rings. The summed E-state index contributed by atoms with van der Waals surface area (Å²) in [6, 6.07) is 3.12. The number of aromatic nitrogens is 3. The number of hydrogen-bond acceptors (Lipinski definition) is 4. The standard InChI is InChI=1S/C11H11F2N3O2S/c1-6(19-5-10-14-11(17)16-15-10)18-9-3-2-7(12)4-8(9)13/h2-4,6H,5H2,1H3,(H2,14,15,16,17). The molecule has 0 bridgehead atoms. The van der Waals surface area contributed by atoms with E-state index in [1.54, 1.807) is 6.92 Å². The van der Waals surface area contributed by atoms with E-state index in [9.17, 15) is 13.6 Å². The molecule has 1 heterocycles. The first-order chi connectivity index (χ1) is 9.04. The molecule has 1 atom stereocenters. The average molecular weight is 287 g/mol. The molecule has 0 radical (unpaired) electrons. The Morgan fingerprint density at radius 2 is 2.26 bits per heavy atom. The Kier molecular flexibility index (Phi) is 4.20. The lowest BCUT2D eigenvalue weighted by Gasteiger charge is -2.13. The predicted octanol–water partition coefficient (Wildman–Crippen LogP) is 2.03. The van der Waals surface area contributed by atoms with Gasteiger partial charge in [0.2, 0.25) is 0 Å². The van der Waals surface area contributed by atoms with E-state index in [2.05, 4.69) is 15.2 Å². The van der Waals surface area contributed by atoms with Crippen molar-refractivity contribution in [3.63, 3.8) is 0 Å². The summed E-state index contributed by atoms with van der Waals surface area (Å²) in [4.78, 5) is 13.3. The van der Waals surface area contributed by atoms with Crippen LogP contribution in [-0.2, 0) is 5.75 Å².